The smallest absolute Gasteiger partial charge is 0.124 e. The minimum atomic E-state index is -0.204. The van der Waals surface area contributed by atoms with Crippen LogP contribution in [0, 0.1) is 0 Å². The van der Waals surface area contributed by atoms with E-state index in [0.29, 0.717) is 0 Å². The van der Waals surface area contributed by atoms with Gasteiger partial charge < -0.3 is 14.8 Å². The maximum Gasteiger partial charge on any atom is 0.124 e. The van der Waals surface area contributed by atoms with Crippen LogP contribution in [0.3, 0.4) is 0 Å². The highest BCUT2D eigenvalue weighted by Gasteiger charge is 2.27. The second kappa shape index (κ2) is 7.17. The Hall–Kier alpha value is -1.22. The zero-order valence-electron chi connectivity index (χ0n) is 14.7. The van der Waals surface area contributed by atoms with Crippen molar-refractivity contribution in [2.75, 3.05) is 20.2 Å². The molecule has 1 rings (SSSR count). The van der Waals surface area contributed by atoms with Crippen LogP contribution in [0.25, 0.3) is 0 Å². The normalized spacial score (nSPS) is 14.6. The topological polar surface area (TPSA) is 30.5 Å². The van der Waals surface area contributed by atoms with Gasteiger partial charge in [0.25, 0.3) is 0 Å². The van der Waals surface area contributed by atoms with Crippen molar-refractivity contribution in [2.24, 2.45) is 0 Å². The molecule has 0 amide bonds. The van der Waals surface area contributed by atoms with E-state index in [4.69, 9.17) is 9.47 Å². The molecule has 0 bridgehead atoms. The van der Waals surface area contributed by atoms with Gasteiger partial charge in [-0.1, -0.05) is 34.6 Å². The molecule has 0 aliphatic heterocycles. The molecule has 0 saturated heterocycles. The molecule has 0 heterocycles. The van der Waals surface area contributed by atoms with Crippen molar-refractivity contribution in [2.45, 2.75) is 59.0 Å². The van der Waals surface area contributed by atoms with Gasteiger partial charge in [-0.3, -0.25) is 0 Å². The van der Waals surface area contributed by atoms with Gasteiger partial charge in [-0.2, -0.15) is 0 Å². The molecular weight excluding hydrogens is 262 g/mol. The first-order valence-corrected chi connectivity index (χ1v) is 7.84. The molecule has 0 aliphatic rings. The molecule has 0 spiro atoms. The van der Waals surface area contributed by atoms with Crippen molar-refractivity contribution in [3.8, 4) is 11.5 Å². The molecule has 0 aliphatic carbocycles. The summed E-state index contributed by atoms with van der Waals surface area (Å²) in [6, 6.07) is 6.08. The van der Waals surface area contributed by atoms with Crippen molar-refractivity contribution in [3.05, 3.63) is 23.8 Å². The maximum absolute atomic E-state index is 6.39. The summed E-state index contributed by atoms with van der Waals surface area (Å²) in [4.78, 5) is 0. The monoisotopic (exact) mass is 293 g/mol. The zero-order chi connectivity index (χ0) is 16.1. The lowest BCUT2D eigenvalue weighted by molar-refractivity contribution is 0.0817. The number of likely N-dealkylation sites (N-methyl/N-ethyl adjacent to an activating group) is 1. The molecule has 21 heavy (non-hydrogen) atoms. The molecule has 0 aromatic heterocycles. The highest BCUT2D eigenvalue weighted by Crippen LogP contribution is 2.36. The van der Waals surface area contributed by atoms with Crippen molar-refractivity contribution < 1.29 is 9.47 Å². The molecule has 1 aromatic carbocycles. The SMILES string of the molecule is CCNCC(C)(CC)Oc1ccc(OC)cc1C(C)(C)C. The Morgan fingerprint density at radius 3 is 2.24 bits per heavy atom. The summed E-state index contributed by atoms with van der Waals surface area (Å²) in [6.45, 7) is 14.8. The van der Waals surface area contributed by atoms with Crippen LogP contribution in [0.1, 0.15) is 53.5 Å². The van der Waals surface area contributed by atoms with Crippen molar-refractivity contribution in [1.82, 2.24) is 5.32 Å². The molecule has 120 valence electrons. The van der Waals surface area contributed by atoms with Gasteiger partial charge in [-0.15, -0.1) is 0 Å². The fourth-order valence-corrected chi connectivity index (χ4v) is 2.20. The van der Waals surface area contributed by atoms with Crippen LogP contribution in [0.2, 0.25) is 0 Å². The Bertz CT molecular complexity index is 451. The van der Waals surface area contributed by atoms with Crippen LogP contribution >= 0.6 is 0 Å². The fraction of sp³-hybridized carbons (Fsp3) is 0.667. The van der Waals surface area contributed by atoms with E-state index in [1.165, 1.54) is 5.56 Å². The van der Waals surface area contributed by atoms with Crippen LogP contribution in [0.4, 0.5) is 0 Å². The lowest BCUT2D eigenvalue weighted by atomic mass is 9.86. The Kier molecular flexibility index (Phi) is 6.09. The van der Waals surface area contributed by atoms with Crippen LogP contribution in [-0.2, 0) is 5.41 Å². The van der Waals surface area contributed by atoms with E-state index >= 15 is 0 Å². The molecule has 3 heteroatoms. The average Bonchev–Trinajstić information content (AvgIpc) is 2.44. The van der Waals surface area contributed by atoms with E-state index in [9.17, 15) is 0 Å². The Morgan fingerprint density at radius 1 is 1.10 bits per heavy atom. The van der Waals surface area contributed by atoms with Gasteiger partial charge >= 0.3 is 0 Å². The summed E-state index contributed by atoms with van der Waals surface area (Å²) in [5, 5.41) is 3.39. The van der Waals surface area contributed by atoms with E-state index in [2.05, 4.69) is 52.9 Å². The van der Waals surface area contributed by atoms with Gasteiger partial charge in [0.2, 0.25) is 0 Å². The predicted molar refractivity (Wildman–Crippen MR) is 89.6 cm³/mol. The number of benzene rings is 1. The number of hydrogen-bond donors (Lipinski definition) is 1. The van der Waals surface area contributed by atoms with Gasteiger partial charge in [-0.25, -0.2) is 0 Å². The van der Waals surface area contributed by atoms with E-state index in [-0.39, 0.29) is 11.0 Å². The molecule has 0 radical (unpaired) electrons. The Labute approximate surface area is 130 Å². The summed E-state index contributed by atoms with van der Waals surface area (Å²) >= 11 is 0. The Morgan fingerprint density at radius 2 is 1.76 bits per heavy atom. The summed E-state index contributed by atoms with van der Waals surface area (Å²) in [6.07, 6.45) is 0.954. The third-order valence-electron chi connectivity index (χ3n) is 3.85. The highest BCUT2D eigenvalue weighted by atomic mass is 16.5. The van der Waals surface area contributed by atoms with Crippen LogP contribution in [0.5, 0.6) is 11.5 Å². The third kappa shape index (κ3) is 4.92. The standard InChI is InChI=1S/C18H31NO2/c1-8-18(6,13-19-9-2)21-16-11-10-14(20-7)12-15(16)17(3,4)5/h10-12,19H,8-9,13H2,1-7H3. The number of methoxy groups -OCH3 is 1. The molecular formula is C18H31NO2. The zero-order valence-corrected chi connectivity index (χ0v) is 14.7. The van der Waals surface area contributed by atoms with Crippen molar-refractivity contribution in [3.63, 3.8) is 0 Å². The summed E-state index contributed by atoms with van der Waals surface area (Å²) < 4.78 is 11.8. The number of nitrogens with one attached hydrogen (secondary N) is 1. The minimum Gasteiger partial charge on any atom is -0.497 e. The second-order valence-electron chi connectivity index (χ2n) is 6.80. The lowest BCUT2D eigenvalue weighted by Crippen LogP contribution is -2.43. The molecule has 0 fully saturated rings. The summed E-state index contributed by atoms with van der Waals surface area (Å²) in [5.74, 6) is 1.82. The first-order valence-electron chi connectivity index (χ1n) is 7.84. The largest absolute Gasteiger partial charge is 0.497 e. The third-order valence-corrected chi connectivity index (χ3v) is 3.85. The molecule has 1 aromatic rings. The number of hydrogen-bond acceptors (Lipinski definition) is 3. The van der Waals surface area contributed by atoms with Gasteiger partial charge in [0, 0.05) is 12.1 Å². The van der Waals surface area contributed by atoms with Crippen molar-refractivity contribution >= 4 is 0 Å². The fourth-order valence-electron chi connectivity index (χ4n) is 2.20. The van der Waals surface area contributed by atoms with Crippen molar-refractivity contribution in [1.29, 1.82) is 0 Å². The highest BCUT2D eigenvalue weighted by molar-refractivity contribution is 5.44. The average molecular weight is 293 g/mol. The molecule has 1 atom stereocenters. The van der Waals surface area contributed by atoms with E-state index in [1.54, 1.807) is 7.11 Å². The Balaban J connectivity index is 3.11. The first kappa shape index (κ1) is 17.8. The molecule has 1 unspecified atom stereocenters. The second-order valence-corrected chi connectivity index (χ2v) is 6.80. The summed E-state index contributed by atoms with van der Waals surface area (Å²) in [5.41, 5.74) is 0.986. The van der Waals surface area contributed by atoms with Gasteiger partial charge in [0.05, 0.1) is 7.11 Å². The van der Waals surface area contributed by atoms with Crippen LogP contribution in [0.15, 0.2) is 18.2 Å². The number of ether oxygens (including phenoxy) is 2. The van der Waals surface area contributed by atoms with E-state index in [0.717, 1.165) is 31.0 Å². The van der Waals surface area contributed by atoms with E-state index in [1.807, 2.05) is 12.1 Å². The quantitative estimate of drug-likeness (QED) is 0.819. The molecule has 1 N–H and O–H groups in total. The van der Waals surface area contributed by atoms with Gasteiger partial charge in [0.1, 0.15) is 17.1 Å². The molecule has 3 nitrogen and oxygen atoms in total. The van der Waals surface area contributed by atoms with Crippen LogP contribution in [-0.4, -0.2) is 25.8 Å². The van der Waals surface area contributed by atoms with Gasteiger partial charge in [0.15, 0.2) is 0 Å². The molecule has 0 saturated carbocycles. The minimum absolute atomic E-state index is 0.0106. The summed E-state index contributed by atoms with van der Waals surface area (Å²) in [7, 11) is 1.70. The van der Waals surface area contributed by atoms with Crippen LogP contribution < -0.4 is 14.8 Å². The maximum atomic E-state index is 6.39. The van der Waals surface area contributed by atoms with Gasteiger partial charge in [-0.05, 0) is 43.5 Å². The predicted octanol–water partition coefficient (Wildman–Crippen LogP) is 4.15. The van der Waals surface area contributed by atoms with E-state index < -0.39 is 0 Å². The lowest BCUT2D eigenvalue weighted by Gasteiger charge is -2.33. The first-order chi connectivity index (χ1) is 9.75. The number of rotatable bonds is 7.